The van der Waals surface area contributed by atoms with Crippen LogP contribution in [-0.4, -0.2) is 134 Å². The Hall–Kier alpha value is -2.16. The maximum absolute atomic E-state index is 14.6. The predicted molar refractivity (Wildman–Crippen MR) is 234 cm³/mol. The molecular formula is C50H79NO11. The minimum Gasteiger partial charge on any atom is -0.455 e. The first-order valence-corrected chi connectivity index (χ1v) is 24.4. The van der Waals surface area contributed by atoms with Crippen molar-refractivity contribution in [3.63, 3.8) is 0 Å². The third kappa shape index (κ3) is 7.69. The number of carbonyl (C=O) groups excluding carboxylic acids is 2. The van der Waals surface area contributed by atoms with Crippen LogP contribution >= 0.6 is 0 Å². The van der Waals surface area contributed by atoms with E-state index in [1.807, 2.05) is 6.07 Å². The van der Waals surface area contributed by atoms with Crippen molar-refractivity contribution in [1.82, 2.24) is 4.90 Å². The average molecular weight is 870 g/mol. The van der Waals surface area contributed by atoms with Crippen molar-refractivity contribution in [3.8, 4) is 0 Å². The van der Waals surface area contributed by atoms with Gasteiger partial charge < -0.3 is 43.7 Å². The topological polar surface area (TPSA) is 153 Å². The molecule has 15 atom stereocenters. The van der Waals surface area contributed by atoms with Crippen LogP contribution in [0.5, 0.6) is 0 Å². The number of hydrogen-bond acceptors (Lipinski definition) is 12. The molecule has 0 radical (unpaired) electrons. The van der Waals surface area contributed by atoms with E-state index < -0.39 is 88.3 Å². The Morgan fingerprint density at radius 3 is 1.94 bits per heavy atom. The molecular weight excluding hydrogens is 791 g/mol. The molecule has 7 rings (SSSR count). The summed E-state index contributed by atoms with van der Waals surface area (Å²) in [6.45, 7) is 5.70. The largest absolute Gasteiger partial charge is 0.455 e. The molecule has 350 valence electrons. The SMILES string of the molecule is CCCCCCCCCCCCCCCCCC(=O)O[C@@]12C3C4N(CC)C[C@]5(COC)C([C@H]3OC)[C@]4(C3C[C@@](O)([C@H](OC(=O)c4ccccc4)C31)[C@@H](OC)C2O)[C@@H](OC)C[C@H]5O. The van der Waals surface area contributed by atoms with E-state index in [9.17, 15) is 24.9 Å². The molecule has 3 N–H and O–H groups in total. The van der Waals surface area contributed by atoms with E-state index in [0.717, 1.165) is 19.3 Å². The lowest BCUT2D eigenvalue weighted by Crippen LogP contribution is -2.81. The minimum atomic E-state index is -1.84. The first kappa shape index (κ1) is 47.8. The second kappa shape index (κ2) is 20.1. The van der Waals surface area contributed by atoms with Crippen LogP contribution in [0.2, 0.25) is 0 Å². The number of likely N-dealkylation sites (tertiary alicyclic amines) is 1. The van der Waals surface area contributed by atoms with Gasteiger partial charge in [-0.05, 0) is 37.4 Å². The molecule has 0 aromatic heterocycles. The third-order valence-corrected chi connectivity index (χ3v) is 17.1. The summed E-state index contributed by atoms with van der Waals surface area (Å²) in [6.07, 6.45) is 12.8. The number of nitrogens with zero attached hydrogens (tertiary/aromatic N) is 1. The molecule has 5 aliphatic carbocycles. The van der Waals surface area contributed by atoms with Crippen molar-refractivity contribution < 1.29 is 53.3 Å². The summed E-state index contributed by atoms with van der Waals surface area (Å²) < 4.78 is 38.7. The second-order valence-electron chi connectivity index (χ2n) is 20.0. The van der Waals surface area contributed by atoms with Crippen molar-refractivity contribution in [1.29, 1.82) is 0 Å². The summed E-state index contributed by atoms with van der Waals surface area (Å²) in [7, 11) is 6.42. The van der Waals surface area contributed by atoms with Crippen LogP contribution in [0.3, 0.4) is 0 Å². The molecule has 1 aromatic carbocycles. The van der Waals surface area contributed by atoms with E-state index in [1.54, 1.807) is 45.6 Å². The Labute approximate surface area is 371 Å². The number of ether oxygens (including phenoxy) is 6. The first-order chi connectivity index (χ1) is 30.0. The smallest absolute Gasteiger partial charge is 0.338 e. The van der Waals surface area contributed by atoms with Gasteiger partial charge in [0.25, 0.3) is 0 Å². The number of unbranched alkanes of at least 4 members (excludes halogenated alkanes) is 14. The summed E-state index contributed by atoms with van der Waals surface area (Å²) in [5.74, 6) is -3.47. The van der Waals surface area contributed by atoms with Gasteiger partial charge in [0, 0.05) is 82.5 Å². The van der Waals surface area contributed by atoms with Crippen LogP contribution in [0.4, 0.5) is 0 Å². The Kier molecular flexibility index (Phi) is 15.5. The molecule has 1 saturated heterocycles. The summed E-state index contributed by atoms with van der Waals surface area (Å²) in [6, 6.07) is 8.33. The summed E-state index contributed by atoms with van der Waals surface area (Å²) in [4.78, 5) is 31.0. The number of piperidine rings is 1. The highest BCUT2D eigenvalue weighted by Crippen LogP contribution is 2.80. The van der Waals surface area contributed by atoms with E-state index in [4.69, 9.17) is 28.4 Å². The van der Waals surface area contributed by atoms with Gasteiger partial charge in [0.15, 0.2) is 5.60 Å². The second-order valence-corrected chi connectivity index (χ2v) is 20.0. The molecule has 1 aliphatic heterocycles. The van der Waals surface area contributed by atoms with Crippen molar-refractivity contribution in [2.45, 2.75) is 183 Å². The van der Waals surface area contributed by atoms with E-state index in [0.29, 0.717) is 31.5 Å². The lowest BCUT2D eigenvalue weighted by atomic mass is 9.42. The lowest BCUT2D eigenvalue weighted by Gasteiger charge is -2.70. The van der Waals surface area contributed by atoms with E-state index >= 15 is 0 Å². The normalized spacial score (nSPS) is 40.1. The Morgan fingerprint density at radius 2 is 1.39 bits per heavy atom. The highest BCUT2D eigenvalue weighted by Gasteiger charge is 2.92. The summed E-state index contributed by atoms with van der Waals surface area (Å²) >= 11 is 0. The van der Waals surface area contributed by atoms with E-state index in [2.05, 4.69) is 18.7 Å². The Balaban J connectivity index is 1.17. The fourth-order valence-electron chi connectivity index (χ4n) is 15.0. The van der Waals surface area contributed by atoms with Gasteiger partial charge in [0.05, 0.1) is 30.5 Å². The fourth-order valence-corrected chi connectivity index (χ4v) is 15.0. The molecule has 1 aromatic rings. The van der Waals surface area contributed by atoms with Crippen LogP contribution in [0.1, 0.15) is 140 Å². The zero-order chi connectivity index (χ0) is 44.3. The van der Waals surface area contributed by atoms with Crippen molar-refractivity contribution in [2.24, 2.45) is 34.5 Å². The lowest BCUT2D eigenvalue weighted by molar-refractivity contribution is -0.323. The van der Waals surface area contributed by atoms with Gasteiger partial charge in [0.1, 0.15) is 23.9 Å². The van der Waals surface area contributed by atoms with Crippen molar-refractivity contribution >= 4 is 11.9 Å². The van der Waals surface area contributed by atoms with Gasteiger partial charge in [-0.15, -0.1) is 0 Å². The molecule has 1 heterocycles. The van der Waals surface area contributed by atoms with Gasteiger partial charge >= 0.3 is 11.9 Å². The average Bonchev–Trinajstić information content (AvgIpc) is 3.65. The van der Waals surface area contributed by atoms with Crippen molar-refractivity contribution in [3.05, 3.63) is 35.9 Å². The standard InChI is InChI=1S/C50H79NO11/c1-7-9-10-11-12-13-14-15-16-17-18-19-20-21-25-28-37(53)62-50-38-34(30-48(56,45(60-6)43(50)54)44(38)61-46(55)33-26-23-22-24-27-33)49-36(58-4)29-35(52)47(32-57-3)31-51(8-2)42(49)39(50)40(59-5)41(47)49/h22-24,26-27,34-36,38-45,52,54,56H,7-21,25,28-32H2,1-6H3/t34?,35-,36+,38?,39?,40+,41?,42?,43?,44-,45+,47-,48-,49+,50-/m1/s1. The number of carbonyl (C=O) groups is 2. The maximum atomic E-state index is 14.6. The Bertz CT molecular complexity index is 1630. The predicted octanol–water partition coefficient (Wildman–Crippen LogP) is 6.89. The minimum absolute atomic E-state index is 0.0883. The van der Waals surface area contributed by atoms with Crippen LogP contribution < -0.4 is 0 Å². The molecule has 6 fully saturated rings. The van der Waals surface area contributed by atoms with Gasteiger partial charge in [-0.25, -0.2) is 4.79 Å². The zero-order valence-electron chi connectivity index (χ0n) is 38.6. The molecule has 6 aliphatic rings. The number of aliphatic hydroxyl groups is 3. The number of esters is 2. The van der Waals surface area contributed by atoms with Gasteiger partial charge in [-0.1, -0.05) is 122 Å². The molecule has 62 heavy (non-hydrogen) atoms. The molecule has 0 amide bonds. The monoisotopic (exact) mass is 870 g/mol. The Morgan fingerprint density at radius 1 is 0.774 bits per heavy atom. The molecule has 12 heteroatoms. The molecule has 7 bridgehead atoms. The highest BCUT2D eigenvalue weighted by atomic mass is 16.6. The molecule has 1 spiro atoms. The summed E-state index contributed by atoms with van der Waals surface area (Å²) in [5.41, 5.74) is -4.82. The quantitative estimate of drug-likeness (QED) is 0.0693. The van der Waals surface area contributed by atoms with Crippen LogP contribution in [0.25, 0.3) is 0 Å². The van der Waals surface area contributed by atoms with Gasteiger partial charge in [-0.3, -0.25) is 9.69 Å². The van der Waals surface area contributed by atoms with Crippen LogP contribution in [-0.2, 0) is 33.2 Å². The van der Waals surface area contributed by atoms with Crippen molar-refractivity contribution in [2.75, 3.05) is 48.1 Å². The fraction of sp³-hybridized carbons (Fsp3) is 0.840. The zero-order valence-corrected chi connectivity index (χ0v) is 38.6. The highest BCUT2D eigenvalue weighted by molar-refractivity contribution is 5.89. The number of benzene rings is 1. The number of rotatable bonds is 25. The van der Waals surface area contributed by atoms with Crippen LogP contribution in [0.15, 0.2) is 30.3 Å². The number of methoxy groups -OCH3 is 4. The number of hydrogen-bond donors (Lipinski definition) is 3. The molecule has 12 nitrogen and oxygen atoms in total. The summed E-state index contributed by atoms with van der Waals surface area (Å²) in [5, 5.41) is 38.4. The number of aliphatic hydroxyl groups excluding tert-OH is 2. The van der Waals surface area contributed by atoms with Gasteiger partial charge in [-0.2, -0.15) is 0 Å². The molecule has 6 unspecified atom stereocenters. The number of fused-ring (bicyclic) bond motifs is 2. The first-order valence-electron chi connectivity index (χ1n) is 24.4. The van der Waals surface area contributed by atoms with Crippen LogP contribution in [0, 0.1) is 34.5 Å². The maximum Gasteiger partial charge on any atom is 0.338 e. The van der Waals surface area contributed by atoms with E-state index in [1.165, 1.54) is 77.7 Å². The van der Waals surface area contributed by atoms with E-state index in [-0.39, 0.29) is 31.4 Å². The third-order valence-electron chi connectivity index (χ3n) is 17.1. The molecule has 5 saturated carbocycles. The van der Waals surface area contributed by atoms with Gasteiger partial charge in [0.2, 0.25) is 0 Å².